The van der Waals surface area contributed by atoms with Crippen LogP contribution in [0.5, 0.6) is 5.75 Å². The monoisotopic (exact) mass is 377 g/mol. The lowest BCUT2D eigenvalue weighted by molar-refractivity contribution is -0.117. The normalized spacial score (nSPS) is 15.4. The number of nitriles is 1. The minimum atomic E-state index is -4.23. The van der Waals surface area contributed by atoms with E-state index in [1.807, 2.05) is 6.07 Å². The molecule has 0 saturated carbocycles. The van der Waals surface area contributed by atoms with E-state index >= 15 is 0 Å². The maximum Gasteiger partial charge on any atom is 0.326 e. The first-order valence-corrected chi connectivity index (χ1v) is 8.70. The lowest BCUT2D eigenvalue weighted by atomic mass is 10.1. The molecule has 1 amide bonds. The summed E-state index contributed by atoms with van der Waals surface area (Å²) in [4.78, 5) is 15.3. The van der Waals surface area contributed by atoms with Gasteiger partial charge in [-0.15, -0.1) is 0 Å². The number of pyridine rings is 1. The third kappa shape index (κ3) is 3.35. The lowest BCUT2D eigenvalue weighted by Gasteiger charge is -2.18. The van der Waals surface area contributed by atoms with Gasteiger partial charge in [0.05, 0.1) is 0 Å². The number of phenols is 1. The largest absolute Gasteiger partial charge is 0.506 e. The number of hydrogen-bond donors (Lipinski definition) is 3. The smallest absolute Gasteiger partial charge is 0.326 e. The first-order valence-electron chi connectivity index (χ1n) is 7.26. The molecule has 1 aromatic carbocycles. The predicted molar refractivity (Wildman–Crippen MR) is 88.8 cm³/mol. The van der Waals surface area contributed by atoms with Crippen molar-refractivity contribution in [1.29, 1.82) is 5.26 Å². The highest BCUT2D eigenvalue weighted by atomic mass is 32.2. The number of rotatable bonds is 4. The standard InChI is InChI=1S/C15H12FN5O4S/c16-11-4-9(7-18-13-3-1-2-10(6-17)19-13)5-12(22)15(11)21-8-14(23)20-26(21,24)25/h1-5,22H,7-8H2,(H,18,19)(H,20,23). The number of carbonyl (C=O) groups is 1. The van der Waals surface area contributed by atoms with E-state index in [0.29, 0.717) is 15.7 Å². The first kappa shape index (κ1) is 17.4. The summed E-state index contributed by atoms with van der Waals surface area (Å²) in [7, 11) is -4.23. The van der Waals surface area contributed by atoms with Gasteiger partial charge in [0.15, 0.2) is 5.82 Å². The third-order valence-corrected chi connectivity index (χ3v) is 4.89. The van der Waals surface area contributed by atoms with Gasteiger partial charge in [0.2, 0.25) is 0 Å². The van der Waals surface area contributed by atoms with Crippen molar-refractivity contribution in [3.05, 3.63) is 47.4 Å². The molecular formula is C15H12FN5O4S. The van der Waals surface area contributed by atoms with Gasteiger partial charge in [-0.25, -0.2) is 18.4 Å². The zero-order chi connectivity index (χ0) is 18.9. The molecule has 0 bridgehead atoms. The number of aromatic hydroxyl groups is 1. The average molecular weight is 377 g/mol. The van der Waals surface area contributed by atoms with Crippen molar-refractivity contribution in [3.63, 3.8) is 0 Å². The van der Waals surface area contributed by atoms with E-state index in [1.54, 1.807) is 16.9 Å². The van der Waals surface area contributed by atoms with Crippen LogP contribution < -0.4 is 14.3 Å². The Balaban J connectivity index is 1.84. The van der Waals surface area contributed by atoms with Crippen LogP contribution >= 0.6 is 0 Å². The van der Waals surface area contributed by atoms with Crippen LogP contribution in [0.25, 0.3) is 0 Å². The average Bonchev–Trinajstić information content (AvgIpc) is 2.85. The maximum absolute atomic E-state index is 14.4. The van der Waals surface area contributed by atoms with Gasteiger partial charge in [0, 0.05) is 6.54 Å². The van der Waals surface area contributed by atoms with Gasteiger partial charge in [-0.1, -0.05) is 6.07 Å². The molecule has 0 unspecified atom stereocenters. The number of phenolic OH excluding ortho intramolecular Hbond substituents is 1. The summed E-state index contributed by atoms with van der Waals surface area (Å²) in [6.07, 6.45) is 0. The van der Waals surface area contributed by atoms with Crippen molar-refractivity contribution >= 4 is 27.6 Å². The number of hydrogen-bond acceptors (Lipinski definition) is 7. The molecule has 1 aliphatic heterocycles. The SMILES string of the molecule is N#Cc1cccc(NCc2cc(O)c(N3CC(=O)NS3(=O)=O)c(F)c2)n1. The van der Waals surface area contributed by atoms with Crippen molar-refractivity contribution in [2.75, 3.05) is 16.2 Å². The lowest BCUT2D eigenvalue weighted by Crippen LogP contribution is -2.30. The van der Waals surface area contributed by atoms with Gasteiger partial charge in [0.1, 0.15) is 35.6 Å². The first-order chi connectivity index (χ1) is 12.3. The summed E-state index contributed by atoms with van der Waals surface area (Å²) in [5.74, 6) is -2.07. The molecule has 1 saturated heterocycles. The van der Waals surface area contributed by atoms with Crippen LogP contribution in [0.1, 0.15) is 11.3 Å². The molecule has 3 N–H and O–H groups in total. The molecule has 0 spiro atoms. The van der Waals surface area contributed by atoms with Crippen LogP contribution in [0.3, 0.4) is 0 Å². The maximum atomic E-state index is 14.4. The van der Waals surface area contributed by atoms with Crippen molar-refractivity contribution in [3.8, 4) is 11.8 Å². The zero-order valence-corrected chi connectivity index (χ0v) is 13.9. The van der Waals surface area contributed by atoms with E-state index < -0.39 is 39.9 Å². The third-order valence-electron chi connectivity index (χ3n) is 3.51. The summed E-state index contributed by atoms with van der Waals surface area (Å²) in [5.41, 5.74) is -0.0868. The van der Waals surface area contributed by atoms with E-state index in [0.717, 1.165) is 6.07 Å². The second kappa shape index (κ2) is 6.49. The van der Waals surface area contributed by atoms with E-state index in [1.165, 1.54) is 12.1 Å². The highest BCUT2D eigenvalue weighted by molar-refractivity contribution is 7.92. The van der Waals surface area contributed by atoms with Crippen molar-refractivity contribution in [2.45, 2.75) is 6.54 Å². The van der Waals surface area contributed by atoms with E-state index in [-0.39, 0.29) is 12.2 Å². The number of nitrogens with zero attached hydrogens (tertiary/aromatic N) is 3. The quantitative estimate of drug-likeness (QED) is 0.709. The molecule has 0 aliphatic carbocycles. The molecule has 11 heteroatoms. The highest BCUT2D eigenvalue weighted by Gasteiger charge is 2.37. The number of amides is 1. The summed E-state index contributed by atoms with van der Waals surface area (Å²) >= 11 is 0. The van der Waals surface area contributed by atoms with Crippen LogP contribution in [-0.2, 0) is 21.5 Å². The number of aromatic nitrogens is 1. The van der Waals surface area contributed by atoms with Gasteiger partial charge in [-0.05, 0) is 29.8 Å². The van der Waals surface area contributed by atoms with Crippen molar-refractivity contribution in [1.82, 2.24) is 9.71 Å². The molecule has 3 rings (SSSR count). The predicted octanol–water partition coefficient (Wildman–Crippen LogP) is 0.591. The minimum Gasteiger partial charge on any atom is -0.506 e. The number of nitrogens with one attached hydrogen (secondary N) is 2. The Kier molecular flexibility index (Phi) is 4.35. The van der Waals surface area contributed by atoms with Gasteiger partial charge < -0.3 is 10.4 Å². The Labute approximate surface area is 147 Å². The Hall–Kier alpha value is -3.39. The topological polar surface area (TPSA) is 135 Å². The van der Waals surface area contributed by atoms with Gasteiger partial charge >= 0.3 is 10.2 Å². The summed E-state index contributed by atoms with van der Waals surface area (Å²) in [5, 5.41) is 21.7. The summed E-state index contributed by atoms with van der Waals surface area (Å²) < 4.78 is 40.2. The van der Waals surface area contributed by atoms with Crippen LogP contribution in [-0.4, -0.2) is 31.0 Å². The molecule has 9 nitrogen and oxygen atoms in total. The Morgan fingerprint density at radius 1 is 1.42 bits per heavy atom. The van der Waals surface area contributed by atoms with E-state index in [2.05, 4.69) is 10.3 Å². The fraction of sp³-hybridized carbons (Fsp3) is 0.133. The molecule has 26 heavy (non-hydrogen) atoms. The molecule has 1 fully saturated rings. The molecule has 1 aromatic heterocycles. The van der Waals surface area contributed by atoms with E-state index in [4.69, 9.17) is 5.26 Å². The highest BCUT2D eigenvalue weighted by Crippen LogP contribution is 2.34. The minimum absolute atomic E-state index is 0.0660. The summed E-state index contributed by atoms with van der Waals surface area (Å²) in [6, 6.07) is 8.86. The van der Waals surface area contributed by atoms with Crippen LogP contribution in [0.15, 0.2) is 30.3 Å². The summed E-state index contributed by atoms with van der Waals surface area (Å²) in [6.45, 7) is -0.550. The molecule has 134 valence electrons. The molecule has 1 aliphatic rings. The fourth-order valence-corrected chi connectivity index (χ4v) is 3.59. The molecule has 2 heterocycles. The molecule has 2 aromatic rings. The van der Waals surface area contributed by atoms with Crippen LogP contribution in [0, 0.1) is 17.1 Å². The molecule has 0 atom stereocenters. The number of anilines is 2. The second-order valence-corrected chi connectivity index (χ2v) is 6.95. The number of halogens is 1. The van der Waals surface area contributed by atoms with Gasteiger partial charge in [-0.2, -0.15) is 13.7 Å². The Bertz CT molecular complexity index is 1010. The number of carbonyl (C=O) groups excluding carboxylic acids is 1. The van der Waals surface area contributed by atoms with Gasteiger partial charge in [0.25, 0.3) is 5.91 Å². The number of benzene rings is 1. The fourth-order valence-electron chi connectivity index (χ4n) is 2.42. The Morgan fingerprint density at radius 3 is 2.81 bits per heavy atom. The van der Waals surface area contributed by atoms with Crippen LogP contribution in [0.4, 0.5) is 15.9 Å². The van der Waals surface area contributed by atoms with Crippen molar-refractivity contribution < 1.29 is 22.7 Å². The molecule has 0 radical (unpaired) electrons. The van der Waals surface area contributed by atoms with E-state index in [9.17, 15) is 22.7 Å². The Morgan fingerprint density at radius 2 is 2.19 bits per heavy atom. The van der Waals surface area contributed by atoms with Crippen molar-refractivity contribution in [2.24, 2.45) is 0 Å². The second-order valence-electron chi connectivity index (χ2n) is 5.36. The van der Waals surface area contributed by atoms with Crippen LogP contribution in [0.2, 0.25) is 0 Å². The molecular weight excluding hydrogens is 365 g/mol. The zero-order valence-electron chi connectivity index (χ0n) is 13.1. The van der Waals surface area contributed by atoms with Gasteiger partial charge in [-0.3, -0.25) is 4.79 Å².